The zero-order valence-corrected chi connectivity index (χ0v) is 18.7. The number of carbonyl (C=O) groups excluding carboxylic acids is 1. The lowest BCUT2D eigenvalue weighted by Gasteiger charge is -2.27. The molecule has 0 N–H and O–H groups in total. The van der Waals surface area contributed by atoms with Crippen LogP contribution in [0.3, 0.4) is 0 Å². The normalized spacial score (nSPS) is 15.3. The van der Waals surface area contributed by atoms with Crippen LogP contribution in [0.2, 0.25) is 15.1 Å². The van der Waals surface area contributed by atoms with Crippen molar-refractivity contribution in [2.75, 3.05) is 33.4 Å². The van der Waals surface area contributed by atoms with E-state index in [-0.39, 0.29) is 40.1 Å². The maximum Gasteiger partial charge on any atom is 0.255 e. The van der Waals surface area contributed by atoms with E-state index in [1.807, 2.05) is 6.07 Å². The van der Waals surface area contributed by atoms with Gasteiger partial charge in [0, 0.05) is 31.7 Å². The molecule has 1 fully saturated rings. The van der Waals surface area contributed by atoms with Crippen molar-refractivity contribution in [2.24, 2.45) is 0 Å². The van der Waals surface area contributed by atoms with Crippen LogP contribution in [0.5, 0.6) is 0 Å². The fraction of sp³-hybridized carbons (Fsp3) is 0.316. The smallest absolute Gasteiger partial charge is 0.255 e. The summed E-state index contributed by atoms with van der Waals surface area (Å²) in [5.41, 5.74) is 0.895. The Bertz CT molecular complexity index is 1020. The molecule has 0 aromatic heterocycles. The molecule has 10 heteroatoms. The topological polar surface area (TPSA) is 66.9 Å². The number of nitrogens with zero attached hydrogens (tertiary/aromatic N) is 2. The molecule has 1 heterocycles. The van der Waals surface area contributed by atoms with Gasteiger partial charge < -0.3 is 9.64 Å². The molecule has 29 heavy (non-hydrogen) atoms. The summed E-state index contributed by atoms with van der Waals surface area (Å²) in [6, 6.07) is 9.66. The highest BCUT2D eigenvalue weighted by Gasteiger charge is 2.30. The van der Waals surface area contributed by atoms with E-state index < -0.39 is 15.9 Å². The summed E-state index contributed by atoms with van der Waals surface area (Å²) < 4.78 is 32.5. The molecule has 0 bridgehead atoms. The lowest BCUT2D eigenvalue weighted by Crippen LogP contribution is -2.40. The van der Waals surface area contributed by atoms with Crippen LogP contribution in [-0.4, -0.2) is 56.9 Å². The van der Waals surface area contributed by atoms with Gasteiger partial charge in [-0.1, -0.05) is 46.9 Å². The first-order valence-electron chi connectivity index (χ1n) is 8.77. The molecule has 0 unspecified atom stereocenters. The van der Waals surface area contributed by atoms with Crippen molar-refractivity contribution in [3.05, 3.63) is 62.6 Å². The highest BCUT2D eigenvalue weighted by molar-refractivity contribution is 7.89. The summed E-state index contributed by atoms with van der Waals surface area (Å²) in [6.45, 7) is 1.33. The third-order valence-electron chi connectivity index (χ3n) is 4.50. The van der Waals surface area contributed by atoms with Gasteiger partial charge in [0.15, 0.2) is 0 Å². The lowest BCUT2D eigenvalue weighted by atomic mass is 10.1. The van der Waals surface area contributed by atoms with E-state index in [0.717, 1.165) is 5.56 Å². The van der Waals surface area contributed by atoms with Crippen LogP contribution in [-0.2, 0) is 21.3 Å². The predicted molar refractivity (Wildman–Crippen MR) is 113 cm³/mol. The van der Waals surface area contributed by atoms with E-state index in [1.165, 1.54) is 21.3 Å². The van der Waals surface area contributed by atoms with Crippen molar-refractivity contribution in [2.45, 2.75) is 11.4 Å². The summed E-state index contributed by atoms with van der Waals surface area (Å²) in [5, 5.41) is 0.612. The maximum absolute atomic E-state index is 13.0. The molecule has 6 nitrogen and oxygen atoms in total. The van der Waals surface area contributed by atoms with Crippen LogP contribution in [0.25, 0.3) is 0 Å². The molecule has 1 saturated heterocycles. The van der Waals surface area contributed by atoms with Crippen LogP contribution in [0, 0.1) is 0 Å². The fourth-order valence-electron chi connectivity index (χ4n) is 3.00. The van der Waals surface area contributed by atoms with E-state index in [2.05, 4.69) is 0 Å². The third kappa shape index (κ3) is 5.05. The van der Waals surface area contributed by atoms with Crippen molar-refractivity contribution < 1.29 is 17.9 Å². The minimum absolute atomic E-state index is 0.0319. The fourth-order valence-corrected chi connectivity index (χ4v) is 5.45. The summed E-state index contributed by atoms with van der Waals surface area (Å²) in [4.78, 5) is 14.2. The van der Waals surface area contributed by atoms with Crippen LogP contribution >= 0.6 is 34.8 Å². The molecule has 1 aliphatic rings. The molecule has 2 aromatic carbocycles. The number of morpholine rings is 1. The predicted octanol–water partition coefficient (Wildman–Crippen LogP) is 3.94. The van der Waals surface area contributed by atoms with Gasteiger partial charge in [-0.3, -0.25) is 4.79 Å². The highest BCUT2D eigenvalue weighted by atomic mass is 35.5. The standard InChI is InChI=1S/C19H19Cl3N2O4S/c1-23(12-13-3-2-4-14(20)9-13)19(25)15-10-18(17(22)11-16(15)21)29(26,27)24-5-7-28-8-6-24/h2-4,9-11H,5-8,12H2,1H3. The second-order valence-electron chi connectivity index (χ2n) is 6.57. The van der Waals surface area contributed by atoms with E-state index >= 15 is 0 Å². The first kappa shape index (κ1) is 22.3. The Morgan fingerprint density at radius 3 is 2.45 bits per heavy atom. The lowest BCUT2D eigenvalue weighted by molar-refractivity contribution is 0.0730. The van der Waals surface area contributed by atoms with Gasteiger partial charge in [0.05, 0.1) is 28.8 Å². The Labute approximate surface area is 185 Å². The average molecular weight is 478 g/mol. The van der Waals surface area contributed by atoms with Crippen LogP contribution in [0.15, 0.2) is 41.3 Å². The van der Waals surface area contributed by atoms with Gasteiger partial charge in [-0.25, -0.2) is 8.42 Å². The van der Waals surface area contributed by atoms with Crippen LogP contribution < -0.4 is 0 Å². The Morgan fingerprint density at radius 2 is 1.79 bits per heavy atom. The second-order valence-corrected chi connectivity index (χ2v) is 9.73. The van der Waals surface area contributed by atoms with Crippen molar-refractivity contribution in [3.8, 4) is 0 Å². The first-order valence-corrected chi connectivity index (χ1v) is 11.3. The Morgan fingerprint density at radius 1 is 1.10 bits per heavy atom. The number of hydrogen-bond donors (Lipinski definition) is 0. The third-order valence-corrected chi connectivity index (χ3v) is 7.41. The van der Waals surface area contributed by atoms with Gasteiger partial charge in [-0.15, -0.1) is 0 Å². The molecule has 0 radical (unpaired) electrons. The number of hydrogen-bond acceptors (Lipinski definition) is 4. The van der Waals surface area contributed by atoms with E-state index in [0.29, 0.717) is 18.2 Å². The van der Waals surface area contributed by atoms with Crippen molar-refractivity contribution in [1.82, 2.24) is 9.21 Å². The Kier molecular flexibility index (Phi) is 7.09. The molecule has 0 spiro atoms. The van der Waals surface area contributed by atoms with Gasteiger partial charge in [-0.2, -0.15) is 4.31 Å². The quantitative estimate of drug-likeness (QED) is 0.654. The largest absolute Gasteiger partial charge is 0.379 e. The molecule has 1 amide bonds. The average Bonchev–Trinajstić information content (AvgIpc) is 2.68. The zero-order chi connectivity index (χ0) is 21.2. The maximum atomic E-state index is 13.0. The molecule has 1 aliphatic heterocycles. The minimum atomic E-state index is -3.88. The molecular formula is C19H19Cl3N2O4S. The summed E-state index contributed by atoms with van der Waals surface area (Å²) >= 11 is 18.4. The molecule has 0 aliphatic carbocycles. The number of benzene rings is 2. The number of carbonyl (C=O) groups is 1. The van der Waals surface area contributed by atoms with Gasteiger partial charge in [0.2, 0.25) is 10.0 Å². The highest BCUT2D eigenvalue weighted by Crippen LogP contribution is 2.31. The number of sulfonamides is 1. The van der Waals surface area contributed by atoms with Gasteiger partial charge in [0.25, 0.3) is 5.91 Å². The van der Waals surface area contributed by atoms with E-state index in [1.54, 1.807) is 25.2 Å². The first-order chi connectivity index (χ1) is 13.7. The van der Waals surface area contributed by atoms with Crippen LogP contribution in [0.1, 0.15) is 15.9 Å². The van der Waals surface area contributed by atoms with E-state index in [9.17, 15) is 13.2 Å². The van der Waals surface area contributed by atoms with Gasteiger partial charge in [0.1, 0.15) is 4.90 Å². The Balaban J connectivity index is 1.91. The summed E-state index contributed by atoms with van der Waals surface area (Å²) in [7, 11) is -2.28. The number of amides is 1. The number of ether oxygens (including phenoxy) is 1. The minimum Gasteiger partial charge on any atom is -0.379 e. The van der Waals surface area contributed by atoms with Crippen molar-refractivity contribution >= 4 is 50.7 Å². The molecule has 2 aromatic rings. The van der Waals surface area contributed by atoms with E-state index in [4.69, 9.17) is 39.5 Å². The number of rotatable bonds is 5. The monoisotopic (exact) mass is 476 g/mol. The molecule has 0 saturated carbocycles. The number of halogens is 3. The van der Waals surface area contributed by atoms with Crippen molar-refractivity contribution in [3.63, 3.8) is 0 Å². The summed E-state index contributed by atoms with van der Waals surface area (Å²) in [5.74, 6) is -0.426. The van der Waals surface area contributed by atoms with Gasteiger partial charge in [-0.05, 0) is 29.8 Å². The molecule has 0 atom stereocenters. The summed E-state index contributed by atoms with van der Waals surface area (Å²) in [6.07, 6.45) is 0. The van der Waals surface area contributed by atoms with Crippen LogP contribution in [0.4, 0.5) is 0 Å². The molecule has 3 rings (SSSR count). The SMILES string of the molecule is CN(Cc1cccc(Cl)c1)C(=O)c1cc(S(=O)(=O)N2CCOCC2)c(Cl)cc1Cl. The molecule has 156 valence electrons. The zero-order valence-electron chi connectivity index (χ0n) is 15.6. The Hall–Kier alpha value is -1.35. The second kappa shape index (κ2) is 9.20. The van der Waals surface area contributed by atoms with Crippen molar-refractivity contribution in [1.29, 1.82) is 0 Å². The molecular weight excluding hydrogens is 459 g/mol. The van der Waals surface area contributed by atoms with Gasteiger partial charge >= 0.3 is 0 Å².